The zero-order chi connectivity index (χ0) is 23.4. The van der Waals surface area contributed by atoms with E-state index in [4.69, 9.17) is 0 Å². The van der Waals surface area contributed by atoms with Crippen molar-refractivity contribution in [2.75, 3.05) is 5.75 Å². The molecule has 1 aromatic heterocycles. The molecule has 1 heterocycles. The number of phenolic OH excluding ortho intramolecular Hbond substituents is 1. The van der Waals surface area contributed by atoms with Gasteiger partial charge in [-0.2, -0.15) is 0 Å². The molecule has 0 aliphatic heterocycles. The Labute approximate surface area is 216 Å². The fraction of sp³-hybridized carbons (Fsp3) is 0.125. The lowest BCUT2D eigenvalue weighted by Crippen LogP contribution is -2.28. The van der Waals surface area contributed by atoms with Gasteiger partial charge in [0.15, 0.2) is 4.34 Å². The van der Waals surface area contributed by atoms with E-state index in [9.17, 15) is 9.90 Å². The summed E-state index contributed by atoms with van der Waals surface area (Å²) in [7, 11) is 0. The van der Waals surface area contributed by atoms with Crippen LogP contribution in [0.2, 0.25) is 0 Å². The van der Waals surface area contributed by atoms with Crippen LogP contribution in [0.4, 0.5) is 5.69 Å². The van der Waals surface area contributed by atoms with E-state index in [2.05, 4.69) is 47.2 Å². The van der Waals surface area contributed by atoms with Crippen LogP contribution >= 0.6 is 55.0 Å². The van der Waals surface area contributed by atoms with E-state index >= 15 is 0 Å². The number of aromatic nitrogens is 1. The summed E-state index contributed by atoms with van der Waals surface area (Å²) in [6, 6.07) is 19.2. The first kappa shape index (κ1) is 23.9. The van der Waals surface area contributed by atoms with Crippen LogP contribution in [0.25, 0.3) is 10.2 Å². The highest BCUT2D eigenvalue weighted by Gasteiger charge is 2.12. The summed E-state index contributed by atoms with van der Waals surface area (Å²) in [5, 5.41) is 13.2. The number of thioether (sulfide) groups is 1. The van der Waals surface area contributed by atoms with Gasteiger partial charge in [0.25, 0.3) is 0 Å². The Bertz CT molecular complexity index is 1330. The van der Waals surface area contributed by atoms with E-state index in [0.717, 1.165) is 30.3 Å². The summed E-state index contributed by atoms with van der Waals surface area (Å²) in [6.07, 6.45) is 1.63. The number of halogens is 2. The first-order valence-electron chi connectivity index (χ1n) is 9.99. The molecular formula is C24H19Br2N3O2S2. The van der Waals surface area contributed by atoms with E-state index in [0.29, 0.717) is 15.8 Å². The van der Waals surface area contributed by atoms with Gasteiger partial charge < -0.3 is 10.4 Å². The molecule has 0 saturated heterocycles. The molecule has 0 spiro atoms. The molecule has 0 unspecified atom stereocenters. The van der Waals surface area contributed by atoms with E-state index < -0.39 is 0 Å². The summed E-state index contributed by atoms with van der Waals surface area (Å²) in [5.41, 5.74) is 3.31. The molecule has 0 fully saturated rings. The van der Waals surface area contributed by atoms with E-state index in [1.54, 1.807) is 18.3 Å². The summed E-state index contributed by atoms with van der Waals surface area (Å²) >= 11 is 9.71. The van der Waals surface area contributed by atoms with Gasteiger partial charge in [0.2, 0.25) is 5.91 Å². The molecule has 0 saturated carbocycles. The minimum Gasteiger partial charge on any atom is -0.506 e. The van der Waals surface area contributed by atoms with Gasteiger partial charge >= 0.3 is 0 Å². The molecule has 2 N–H and O–H groups in total. The number of phenols is 1. The number of carbonyl (C=O) groups excluding carboxylic acids is 1. The van der Waals surface area contributed by atoms with E-state index in [1.807, 2.05) is 55.5 Å². The number of aliphatic imine (C=N–C) groups is 1. The first-order chi connectivity index (χ1) is 15.9. The second kappa shape index (κ2) is 10.8. The molecule has 9 heteroatoms. The number of fused-ring (bicyclic) bond motifs is 1. The second-order valence-corrected chi connectivity index (χ2v) is 11.2. The fourth-order valence-electron chi connectivity index (χ4n) is 3.10. The summed E-state index contributed by atoms with van der Waals surface area (Å²) in [4.78, 5) is 21.5. The minimum atomic E-state index is -0.0413. The topological polar surface area (TPSA) is 74.6 Å². The number of hydrogen-bond acceptors (Lipinski definition) is 6. The van der Waals surface area contributed by atoms with E-state index in [-0.39, 0.29) is 17.7 Å². The van der Waals surface area contributed by atoms with Crippen LogP contribution in [0.3, 0.4) is 0 Å². The van der Waals surface area contributed by atoms with Crippen LogP contribution < -0.4 is 5.32 Å². The molecule has 0 aliphatic carbocycles. The van der Waals surface area contributed by atoms with E-state index in [1.165, 1.54) is 23.1 Å². The number of hydrogen-bond donors (Lipinski definition) is 2. The molecule has 33 heavy (non-hydrogen) atoms. The molecule has 4 rings (SSSR count). The highest BCUT2D eigenvalue weighted by Crippen LogP contribution is 2.33. The molecule has 1 amide bonds. The van der Waals surface area contributed by atoms with Crippen molar-refractivity contribution in [1.29, 1.82) is 0 Å². The number of thiazole rings is 1. The first-order valence-corrected chi connectivity index (χ1v) is 13.4. The monoisotopic (exact) mass is 603 g/mol. The Balaban J connectivity index is 1.40. The molecule has 5 nitrogen and oxygen atoms in total. The van der Waals surface area contributed by atoms with Gasteiger partial charge in [-0.05, 0) is 58.7 Å². The lowest BCUT2D eigenvalue weighted by Gasteiger charge is -2.13. The van der Waals surface area contributed by atoms with Crippen LogP contribution in [-0.4, -0.2) is 28.0 Å². The third-order valence-electron chi connectivity index (χ3n) is 4.77. The lowest BCUT2D eigenvalue weighted by atomic mass is 10.1. The number of benzene rings is 3. The zero-order valence-electron chi connectivity index (χ0n) is 17.5. The second-order valence-electron chi connectivity index (χ2n) is 7.20. The molecule has 168 valence electrons. The molecular weight excluding hydrogens is 586 g/mol. The minimum absolute atomic E-state index is 0.0270. The molecule has 1 atom stereocenters. The van der Waals surface area contributed by atoms with Crippen molar-refractivity contribution in [3.8, 4) is 5.75 Å². The predicted octanol–water partition coefficient (Wildman–Crippen LogP) is 7.25. The van der Waals surface area contributed by atoms with Crippen molar-refractivity contribution >= 4 is 83.0 Å². The lowest BCUT2D eigenvalue weighted by molar-refractivity contribution is -0.119. The van der Waals surface area contributed by atoms with Gasteiger partial charge in [0.1, 0.15) is 5.75 Å². The van der Waals surface area contributed by atoms with Gasteiger partial charge in [-0.15, -0.1) is 11.3 Å². The highest BCUT2D eigenvalue weighted by atomic mass is 79.9. The van der Waals surface area contributed by atoms with Crippen molar-refractivity contribution in [3.05, 3.63) is 80.7 Å². The molecule has 4 aromatic rings. The van der Waals surface area contributed by atoms with Gasteiger partial charge in [-0.1, -0.05) is 58.0 Å². The van der Waals surface area contributed by atoms with Crippen LogP contribution in [-0.2, 0) is 4.79 Å². The van der Waals surface area contributed by atoms with Crippen LogP contribution in [0, 0.1) is 0 Å². The molecule has 3 aromatic carbocycles. The number of nitrogens with zero attached hydrogens (tertiary/aromatic N) is 2. The summed E-state index contributed by atoms with van der Waals surface area (Å²) in [6.45, 7) is 1.98. The number of amides is 1. The van der Waals surface area contributed by atoms with Crippen molar-refractivity contribution in [3.63, 3.8) is 0 Å². The molecule has 0 bridgehead atoms. The number of carbonyl (C=O) groups is 1. The van der Waals surface area contributed by atoms with Crippen LogP contribution in [0.5, 0.6) is 5.75 Å². The highest BCUT2D eigenvalue weighted by molar-refractivity contribution is 9.11. The van der Waals surface area contributed by atoms with Crippen molar-refractivity contribution in [2.24, 2.45) is 4.99 Å². The Morgan fingerprint density at radius 2 is 2.00 bits per heavy atom. The maximum atomic E-state index is 12.4. The standard InChI is InChI=1S/C24H19Br2N3O2S2/c1-14(15-5-3-2-4-6-15)28-22(30)13-32-24-29-20-8-7-18(11-21(20)33-24)27-12-16-9-17(25)10-19(26)23(16)31/h2-12,14,31H,13H2,1H3,(H,28,30)/t14-/m1/s1. The van der Waals surface area contributed by atoms with Crippen molar-refractivity contribution < 1.29 is 9.90 Å². The van der Waals surface area contributed by atoms with Crippen molar-refractivity contribution in [2.45, 2.75) is 17.3 Å². The zero-order valence-corrected chi connectivity index (χ0v) is 22.3. The Kier molecular flexibility index (Phi) is 7.85. The quantitative estimate of drug-likeness (QED) is 0.172. The Morgan fingerprint density at radius 3 is 2.79 bits per heavy atom. The van der Waals surface area contributed by atoms with Crippen molar-refractivity contribution in [1.82, 2.24) is 10.3 Å². The third-order valence-corrected chi connectivity index (χ3v) is 7.99. The normalized spacial score (nSPS) is 12.3. The SMILES string of the molecule is C[C@@H](NC(=O)CSc1nc2ccc(N=Cc3cc(Br)cc(Br)c3O)cc2s1)c1ccccc1. The van der Waals surface area contributed by atoms with Crippen LogP contribution in [0.15, 0.2) is 78.9 Å². The molecule has 0 aliphatic rings. The summed E-state index contributed by atoms with van der Waals surface area (Å²) < 4.78 is 3.27. The predicted molar refractivity (Wildman–Crippen MR) is 144 cm³/mol. The smallest absolute Gasteiger partial charge is 0.230 e. The van der Waals surface area contributed by atoms with Gasteiger partial charge in [-0.25, -0.2) is 4.98 Å². The fourth-order valence-corrected chi connectivity index (χ4v) is 6.27. The summed E-state index contributed by atoms with van der Waals surface area (Å²) in [5.74, 6) is 0.416. The number of rotatable bonds is 7. The van der Waals surface area contributed by atoms with Gasteiger partial charge in [0.05, 0.1) is 32.2 Å². The maximum Gasteiger partial charge on any atom is 0.230 e. The number of nitrogens with one attached hydrogen (secondary N) is 1. The largest absolute Gasteiger partial charge is 0.506 e. The Morgan fingerprint density at radius 1 is 1.21 bits per heavy atom. The average Bonchev–Trinajstić information content (AvgIpc) is 3.22. The Hall–Kier alpha value is -2.20. The number of aromatic hydroxyl groups is 1. The molecule has 0 radical (unpaired) electrons. The van der Waals surface area contributed by atoms with Gasteiger partial charge in [0, 0.05) is 16.3 Å². The van der Waals surface area contributed by atoms with Crippen LogP contribution in [0.1, 0.15) is 24.1 Å². The third kappa shape index (κ3) is 6.23. The van der Waals surface area contributed by atoms with Gasteiger partial charge in [-0.3, -0.25) is 9.79 Å². The average molecular weight is 605 g/mol. The maximum absolute atomic E-state index is 12.4.